The zero-order chi connectivity index (χ0) is 11.4. The van der Waals surface area contributed by atoms with Crippen LogP contribution in [0.5, 0.6) is 5.75 Å². The average Bonchev–Trinajstić information content (AvgIpc) is 2.47. The van der Waals surface area contributed by atoms with E-state index in [1.807, 2.05) is 12.1 Å². The van der Waals surface area contributed by atoms with Crippen molar-refractivity contribution < 1.29 is 5.11 Å². The summed E-state index contributed by atoms with van der Waals surface area (Å²) in [5, 5.41) is 16.9. The molecule has 1 aromatic carbocycles. The van der Waals surface area contributed by atoms with Crippen LogP contribution in [0.4, 0.5) is 0 Å². The molecule has 1 aromatic rings. The van der Waals surface area contributed by atoms with E-state index in [0.717, 1.165) is 37.8 Å². The average molecular weight is 215 g/mol. The first-order valence-electron chi connectivity index (χ1n) is 5.76. The normalized spacial score (nSPS) is 16.8. The van der Waals surface area contributed by atoms with Gasteiger partial charge in [0, 0.05) is 5.71 Å². The Morgan fingerprint density at radius 2 is 1.81 bits per heavy atom. The first-order chi connectivity index (χ1) is 7.74. The fourth-order valence-corrected chi connectivity index (χ4v) is 2.03. The molecule has 2 N–H and O–H groups in total. The van der Waals surface area contributed by atoms with Crippen molar-refractivity contribution in [3.63, 3.8) is 0 Å². The smallest absolute Gasteiger partial charge is 0.115 e. The highest BCUT2D eigenvalue weighted by molar-refractivity contribution is 5.82. The van der Waals surface area contributed by atoms with Crippen molar-refractivity contribution in [2.45, 2.75) is 32.1 Å². The molecule has 0 fully saturated rings. The zero-order valence-corrected chi connectivity index (χ0v) is 9.37. The summed E-state index contributed by atoms with van der Waals surface area (Å²) >= 11 is 0. The van der Waals surface area contributed by atoms with Crippen molar-refractivity contribution in [1.82, 2.24) is 0 Å². The Morgan fingerprint density at radius 1 is 1.06 bits per heavy atom. The summed E-state index contributed by atoms with van der Waals surface area (Å²) < 4.78 is 0. The highest BCUT2D eigenvalue weighted by Gasteiger charge is 2.07. The van der Waals surface area contributed by atoms with Crippen molar-refractivity contribution in [3.05, 3.63) is 41.5 Å². The first kappa shape index (κ1) is 10.9. The van der Waals surface area contributed by atoms with E-state index in [-0.39, 0.29) is 0 Å². The van der Waals surface area contributed by atoms with Crippen LogP contribution < -0.4 is 0 Å². The zero-order valence-electron chi connectivity index (χ0n) is 9.37. The fourth-order valence-electron chi connectivity index (χ4n) is 2.03. The molecule has 1 aliphatic carbocycles. The molecule has 16 heavy (non-hydrogen) atoms. The number of hydrogen-bond donors (Lipinski definition) is 2. The Hall–Kier alpha value is -1.57. The van der Waals surface area contributed by atoms with Crippen molar-refractivity contribution in [2.75, 3.05) is 0 Å². The maximum atomic E-state index is 9.20. The van der Waals surface area contributed by atoms with Crippen LogP contribution in [0.15, 0.2) is 35.9 Å². The largest absolute Gasteiger partial charge is 0.508 e. The highest BCUT2D eigenvalue weighted by atomic mass is 16.3. The summed E-state index contributed by atoms with van der Waals surface area (Å²) in [6, 6.07) is 7.39. The van der Waals surface area contributed by atoms with Gasteiger partial charge in [0.2, 0.25) is 0 Å². The molecule has 0 heterocycles. The van der Waals surface area contributed by atoms with Gasteiger partial charge in [-0.05, 0) is 49.8 Å². The van der Waals surface area contributed by atoms with Crippen LogP contribution in [0.2, 0.25) is 0 Å². The van der Waals surface area contributed by atoms with Gasteiger partial charge < -0.3 is 10.5 Å². The van der Waals surface area contributed by atoms with Crippen LogP contribution in [0.1, 0.15) is 31.2 Å². The lowest BCUT2D eigenvalue weighted by Gasteiger charge is -2.05. The maximum absolute atomic E-state index is 9.20. The molecule has 0 radical (unpaired) electrons. The lowest BCUT2D eigenvalue weighted by molar-refractivity contribution is 0.475. The van der Waals surface area contributed by atoms with E-state index in [2.05, 4.69) is 6.08 Å². The van der Waals surface area contributed by atoms with Crippen LogP contribution in [0.3, 0.4) is 0 Å². The molecule has 0 unspecified atom stereocenters. The molecule has 1 aliphatic rings. The standard InChI is InChI=1S/C14H17NO/c15-13-3-1-2-11(4-7-13)10-12-5-8-14(16)9-6-12/h2,5-6,8-9,15-16H,1,3-4,7,10H2. The topological polar surface area (TPSA) is 44.1 Å². The Bertz CT molecular complexity index is 403. The summed E-state index contributed by atoms with van der Waals surface area (Å²) in [4.78, 5) is 0. The molecule has 0 aliphatic heterocycles. The molecule has 0 saturated heterocycles. The summed E-state index contributed by atoms with van der Waals surface area (Å²) in [6.07, 6.45) is 7.07. The van der Waals surface area contributed by atoms with Gasteiger partial charge >= 0.3 is 0 Å². The Labute approximate surface area is 96.1 Å². The minimum absolute atomic E-state index is 0.320. The molecule has 2 rings (SSSR count). The minimum atomic E-state index is 0.320. The van der Waals surface area contributed by atoms with Gasteiger partial charge in [-0.2, -0.15) is 0 Å². The highest BCUT2D eigenvalue weighted by Crippen LogP contribution is 2.20. The van der Waals surface area contributed by atoms with E-state index in [9.17, 15) is 5.11 Å². The lowest BCUT2D eigenvalue weighted by atomic mass is 10.0. The van der Waals surface area contributed by atoms with Gasteiger partial charge in [-0.25, -0.2) is 0 Å². The van der Waals surface area contributed by atoms with Gasteiger partial charge in [0.1, 0.15) is 5.75 Å². The molecule has 2 nitrogen and oxygen atoms in total. The van der Waals surface area contributed by atoms with E-state index in [1.165, 1.54) is 11.1 Å². The van der Waals surface area contributed by atoms with Crippen molar-refractivity contribution in [1.29, 1.82) is 5.41 Å². The summed E-state index contributed by atoms with van der Waals surface area (Å²) in [6.45, 7) is 0. The SMILES string of the molecule is N=C1CCC=C(Cc2ccc(O)cc2)CC1. The predicted octanol–water partition coefficient (Wildman–Crippen LogP) is 3.45. The van der Waals surface area contributed by atoms with Crippen LogP contribution in [0.25, 0.3) is 0 Å². The third-order valence-corrected chi connectivity index (χ3v) is 2.99. The van der Waals surface area contributed by atoms with E-state index >= 15 is 0 Å². The van der Waals surface area contributed by atoms with Gasteiger partial charge in [0.15, 0.2) is 0 Å². The molecule has 2 heteroatoms. The van der Waals surface area contributed by atoms with Crippen LogP contribution in [-0.2, 0) is 6.42 Å². The first-order valence-corrected chi connectivity index (χ1v) is 5.76. The maximum Gasteiger partial charge on any atom is 0.115 e. The number of phenols is 1. The molecule has 0 bridgehead atoms. The Kier molecular flexibility index (Phi) is 3.40. The van der Waals surface area contributed by atoms with Crippen LogP contribution >= 0.6 is 0 Å². The van der Waals surface area contributed by atoms with E-state index in [0.29, 0.717) is 5.75 Å². The van der Waals surface area contributed by atoms with Crippen LogP contribution in [0, 0.1) is 5.41 Å². The second-order valence-electron chi connectivity index (χ2n) is 4.35. The number of allylic oxidation sites excluding steroid dienone is 2. The second kappa shape index (κ2) is 4.97. The summed E-state index contributed by atoms with van der Waals surface area (Å²) in [7, 11) is 0. The molecule has 84 valence electrons. The molecule has 0 amide bonds. The molecule has 0 saturated carbocycles. The second-order valence-corrected chi connectivity index (χ2v) is 4.35. The van der Waals surface area contributed by atoms with Crippen molar-refractivity contribution >= 4 is 5.71 Å². The monoisotopic (exact) mass is 215 g/mol. The lowest BCUT2D eigenvalue weighted by Crippen LogP contribution is -1.94. The van der Waals surface area contributed by atoms with Gasteiger partial charge in [0.25, 0.3) is 0 Å². The predicted molar refractivity (Wildman–Crippen MR) is 66.1 cm³/mol. The van der Waals surface area contributed by atoms with Gasteiger partial charge in [0.05, 0.1) is 0 Å². The number of hydrogen-bond acceptors (Lipinski definition) is 2. The Balaban J connectivity index is 2.01. The molecular weight excluding hydrogens is 198 g/mol. The summed E-state index contributed by atoms with van der Waals surface area (Å²) in [5.41, 5.74) is 3.53. The van der Waals surface area contributed by atoms with Gasteiger partial charge in [-0.1, -0.05) is 23.8 Å². The quantitative estimate of drug-likeness (QED) is 0.729. The van der Waals surface area contributed by atoms with E-state index < -0.39 is 0 Å². The van der Waals surface area contributed by atoms with Crippen molar-refractivity contribution in [3.8, 4) is 5.75 Å². The van der Waals surface area contributed by atoms with E-state index in [1.54, 1.807) is 12.1 Å². The number of phenolic OH excluding ortho intramolecular Hbond substituents is 1. The molecule has 0 aromatic heterocycles. The van der Waals surface area contributed by atoms with Crippen molar-refractivity contribution in [2.24, 2.45) is 0 Å². The molecule has 0 spiro atoms. The summed E-state index contributed by atoms with van der Waals surface area (Å²) in [5.74, 6) is 0.320. The fraction of sp³-hybridized carbons (Fsp3) is 0.357. The van der Waals surface area contributed by atoms with E-state index in [4.69, 9.17) is 5.41 Å². The third kappa shape index (κ3) is 2.96. The van der Waals surface area contributed by atoms with Crippen LogP contribution in [-0.4, -0.2) is 10.8 Å². The minimum Gasteiger partial charge on any atom is -0.508 e. The number of benzene rings is 1. The number of nitrogens with one attached hydrogen (secondary N) is 1. The third-order valence-electron chi connectivity index (χ3n) is 2.99. The molecule has 0 atom stereocenters. The molecular formula is C14H17NO. The Morgan fingerprint density at radius 3 is 2.56 bits per heavy atom. The van der Waals surface area contributed by atoms with Gasteiger partial charge in [-0.3, -0.25) is 0 Å². The number of aromatic hydroxyl groups is 1. The van der Waals surface area contributed by atoms with Gasteiger partial charge in [-0.15, -0.1) is 0 Å². The number of rotatable bonds is 2.